The molecule has 0 aromatic rings. The fourth-order valence-corrected chi connectivity index (χ4v) is 2.50. The molecule has 4 heteroatoms. The van der Waals surface area contributed by atoms with Gasteiger partial charge in [0.2, 0.25) is 0 Å². The lowest BCUT2D eigenvalue weighted by Crippen LogP contribution is -2.13. The van der Waals surface area contributed by atoms with Gasteiger partial charge in [-0.15, -0.1) is 0 Å². The standard InChI is InChI=1S/C21H34O4/c1-6-20(22)24-16-10-14-18(4)12-8-11-17(3)13-9-15-19(5)25-21(23)7-2/h6-7,12,17,19H,1-2,8-11,13-16H2,3-5H3/b18-12-. The number of carbonyl (C=O) groups excluding carboxylic acids is 2. The van der Waals surface area contributed by atoms with Gasteiger partial charge in [-0.1, -0.05) is 38.2 Å². The van der Waals surface area contributed by atoms with Crippen LogP contribution in [0.3, 0.4) is 0 Å². The minimum absolute atomic E-state index is 0.0463. The van der Waals surface area contributed by atoms with E-state index >= 15 is 0 Å². The largest absolute Gasteiger partial charge is 0.463 e. The average molecular weight is 350 g/mol. The summed E-state index contributed by atoms with van der Waals surface area (Å²) in [5, 5.41) is 0. The van der Waals surface area contributed by atoms with E-state index in [1.54, 1.807) is 0 Å². The SMILES string of the molecule is C=CC(=O)OCCC/C(C)=C\CCC(C)CCCC(C)OC(=O)C=C. The molecule has 0 N–H and O–H groups in total. The topological polar surface area (TPSA) is 52.6 Å². The Bertz CT molecular complexity index is 451. The molecule has 0 aliphatic heterocycles. The summed E-state index contributed by atoms with van der Waals surface area (Å²) >= 11 is 0. The van der Waals surface area contributed by atoms with Crippen molar-refractivity contribution in [2.45, 2.75) is 71.8 Å². The highest BCUT2D eigenvalue weighted by Crippen LogP contribution is 2.17. The molecule has 0 rings (SSSR count). The number of allylic oxidation sites excluding steroid dienone is 2. The van der Waals surface area contributed by atoms with Crippen LogP contribution in [0.15, 0.2) is 37.0 Å². The third kappa shape index (κ3) is 14.2. The predicted molar refractivity (Wildman–Crippen MR) is 102 cm³/mol. The van der Waals surface area contributed by atoms with Crippen molar-refractivity contribution < 1.29 is 19.1 Å². The molecule has 0 aromatic carbocycles. The van der Waals surface area contributed by atoms with Gasteiger partial charge in [0.1, 0.15) is 0 Å². The zero-order valence-corrected chi connectivity index (χ0v) is 16.1. The molecular weight excluding hydrogens is 316 g/mol. The fraction of sp³-hybridized carbons (Fsp3) is 0.619. The summed E-state index contributed by atoms with van der Waals surface area (Å²) in [6.07, 6.45) is 11.7. The van der Waals surface area contributed by atoms with Crippen molar-refractivity contribution in [2.24, 2.45) is 5.92 Å². The normalized spacial score (nSPS) is 13.6. The maximum absolute atomic E-state index is 11.1. The van der Waals surface area contributed by atoms with E-state index in [2.05, 4.69) is 33.1 Å². The Kier molecular flexibility index (Phi) is 13.4. The van der Waals surface area contributed by atoms with Gasteiger partial charge in [0.05, 0.1) is 12.7 Å². The summed E-state index contributed by atoms with van der Waals surface area (Å²) < 4.78 is 10.1. The molecule has 0 bridgehead atoms. The van der Waals surface area contributed by atoms with Gasteiger partial charge in [0.25, 0.3) is 0 Å². The molecule has 2 atom stereocenters. The Balaban J connectivity index is 3.74. The van der Waals surface area contributed by atoms with Crippen LogP contribution in [0.1, 0.15) is 65.7 Å². The number of carbonyl (C=O) groups is 2. The van der Waals surface area contributed by atoms with Crippen LogP contribution < -0.4 is 0 Å². The van der Waals surface area contributed by atoms with Crippen LogP contribution in [0.5, 0.6) is 0 Å². The zero-order chi connectivity index (χ0) is 19.1. The van der Waals surface area contributed by atoms with E-state index in [9.17, 15) is 9.59 Å². The van der Waals surface area contributed by atoms with Crippen molar-refractivity contribution in [3.05, 3.63) is 37.0 Å². The summed E-state index contributed by atoms with van der Waals surface area (Å²) in [5.41, 5.74) is 1.34. The first-order valence-electron chi connectivity index (χ1n) is 9.16. The van der Waals surface area contributed by atoms with Gasteiger partial charge < -0.3 is 9.47 Å². The quantitative estimate of drug-likeness (QED) is 0.188. The molecule has 0 saturated heterocycles. The summed E-state index contributed by atoms with van der Waals surface area (Å²) in [5.74, 6) is -0.0515. The van der Waals surface area contributed by atoms with Crippen molar-refractivity contribution in [2.75, 3.05) is 6.61 Å². The molecule has 0 spiro atoms. The van der Waals surface area contributed by atoms with Crippen molar-refractivity contribution in [3.8, 4) is 0 Å². The first-order valence-corrected chi connectivity index (χ1v) is 9.16. The van der Waals surface area contributed by atoms with Gasteiger partial charge in [-0.25, -0.2) is 9.59 Å². The molecule has 0 saturated carbocycles. The molecule has 142 valence electrons. The van der Waals surface area contributed by atoms with Crippen LogP contribution in [0.25, 0.3) is 0 Å². The predicted octanol–water partition coefficient (Wildman–Crippen LogP) is 5.15. The average Bonchev–Trinajstić information content (AvgIpc) is 2.58. The Morgan fingerprint density at radius 1 is 1.00 bits per heavy atom. The first kappa shape index (κ1) is 23.2. The Morgan fingerprint density at radius 2 is 1.68 bits per heavy atom. The van der Waals surface area contributed by atoms with E-state index in [4.69, 9.17) is 9.47 Å². The molecule has 0 heterocycles. The third-order valence-electron chi connectivity index (χ3n) is 4.07. The molecular formula is C21H34O4. The number of ether oxygens (including phenoxy) is 2. The molecule has 0 aromatic heterocycles. The van der Waals surface area contributed by atoms with Crippen molar-refractivity contribution in [1.29, 1.82) is 0 Å². The second-order valence-electron chi connectivity index (χ2n) is 6.59. The van der Waals surface area contributed by atoms with Crippen LogP contribution in [0, 0.1) is 5.92 Å². The molecule has 2 unspecified atom stereocenters. The summed E-state index contributed by atoms with van der Waals surface area (Å²) in [4.78, 5) is 22.0. The third-order valence-corrected chi connectivity index (χ3v) is 4.07. The minimum atomic E-state index is -0.357. The Hall–Kier alpha value is -1.84. The molecule has 0 aliphatic rings. The first-order chi connectivity index (χ1) is 11.9. The monoisotopic (exact) mass is 350 g/mol. The number of hydrogen-bond acceptors (Lipinski definition) is 4. The molecule has 0 radical (unpaired) electrons. The lowest BCUT2D eigenvalue weighted by atomic mass is 9.97. The summed E-state index contributed by atoms with van der Waals surface area (Å²) in [6.45, 7) is 13.5. The van der Waals surface area contributed by atoms with E-state index < -0.39 is 0 Å². The van der Waals surface area contributed by atoms with Crippen molar-refractivity contribution >= 4 is 11.9 Å². The van der Waals surface area contributed by atoms with Gasteiger partial charge in [0.15, 0.2) is 0 Å². The second-order valence-corrected chi connectivity index (χ2v) is 6.59. The smallest absolute Gasteiger partial charge is 0.330 e. The number of hydrogen-bond donors (Lipinski definition) is 0. The van der Waals surface area contributed by atoms with Gasteiger partial charge in [-0.3, -0.25) is 0 Å². The lowest BCUT2D eigenvalue weighted by Gasteiger charge is -2.14. The lowest BCUT2D eigenvalue weighted by molar-refractivity contribution is -0.142. The van der Waals surface area contributed by atoms with E-state index in [0.29, 0.717) is 12.5 Å². The van der Waals surface area contributed by atoms with Gasteiger partial charge in [0, 0.05) is 12.2 Å². The van der Waals surface area contributed by atoms with Gasteiger partial charge in [-0.2, -0.15) is 0 Å². The highest BCUT2D eigenvalue weighted by molar-refractivity contribution is 5.81. The highest BCUT2D eigenvalue weighted by atomic mass is 16.5. The molecule has 0 amide bonds. The van der Waals surface area contributed by atoms with Crippen LogP contribution >= 0.6 is 0 Å². The minimum Gasteiger partial charge on any atom is -0.463 e. The van der Waals surface area contributed by atoms with Gasteiger partial charge in [-0.05, 0) is 58.3 Å². The van der Waals surface area contributed by atoms with Gasteiger partial charge >= 0.3 is 11.9 Å². The Labute approximate surface area is 153 Å². The van der Waals surface area contributed by atoms with Crippen molar-refractivity contribution in [3.63, 3.8) is 0 Å². The molecule has 0 aliphatic carbocycles. The molecule has 0 fully saturated rings. The summed E-state index contributed by atoms with van der Waals surface area (Å²) in [6, 6.07) is 0. The second kappa shape index (κ2) is 14.5. The summed E-state index contributed by atoms with van der Waals surface area (Å²) in [7, 11) is 0. The maximum Gasteiger partial charge on any atom is 0.330 e. The van der Waals surface area contributed by atoms with Crippen LogP contribution in [-0.2, 0) is 19.1 Å². The van der Waals surface area contributed by atoms with Crippen molar-refractivity contribution in [1.82, 2.24) is 0 Å². The molecule has 4 nitrogen and oxygen atoms in total. The van der Waals surface area contributed by atoms with E-state index in [-0.39, 0.29) is 18.0 Å². The van der Waals surface area contributed by atoms with Crippen LogP contribution in [0.4, 0.5) is 0 Å². The zero-order valence-electron chi connectivity index (χ0n) is 16.1. The van der Waals surface area contributed by atoms with E-state index in [1.165, 1.54) is 17.7 Å². The van der Waals surface area contributed by atoms with Crippen LogP contribution in [-0.4, -0.2) is 24.6 Å². The fourth-order valence-electron chi connectivity index (χ4n) is 2.50. The highest BCUT2D eigenvalue weighted by Gasteiger charge is 2.08. The van der Waals surface area contributed by atoms with E-state index in [1.807, 2.05) is 6.92 Å². The van der Waals surface area contributed by atoms with E-state index in [0.717, 1.165) is 44.9 Å². The number of esters is 2. The molecule has 25 heavy (non-hydrogen) atoms. The Morgan fingerprint density at radius 3 is 2.32 bits per heavy atom. The maximum atomic E-state index is 11.1. The van der Waals surface area contributed by atoms with Crippen LogP contribution in [0.2, 0.25) is 0 Å². The number of rotatable bonds is 14.